The van der Waals surface area contributed by atoms with Crippen LogP contribution in [0, 0.1) is 0 Å². The first-order chi connectivity index (χ1) is 8.30. The molecule has 0 saturated heterocycles. The van der Waals surface area contributed by atoms with Gasteiger partial charge in [0.15, 0.2) is 0 Å². The Labute approximate surface area is 102 Å². The van der Waals surface area contributed by atoms with Gasteiger partial charge in [-0.15, -0.1) is 0 Å². The van der Waals surface area contributed by atoms with E-state index < -0.39 is 23.8 Å². The molecule has 1 heterocycles. The van der Waals surface area contributed by atoms with Gasteiger partial charge in [0, 0.05) is 24.9 Å². The van der Waals surface area contributed by atoms with Crippen molar-refractivity contribution in [1.29, 1.82) is 0 Å². The summed E-state index contributed by atoms with van der Waals surface area (Å²) in [5.41, 5.74) is -0.367. The molecule has 0 aromatic carbocycles. The number of alkyl halides is 3. The first-order valence-corrected chi connectivity index (χ1v) is 5.28. The summed E-state index contributed by atoms with van der Waals surface area (Å²) >= 11 is 0. The standard InChI is InChI=1S/C11H13F3N2O2/c1-7(17)10(18)15-5-4-9-3-2-8(6-16-9)11(12,13)14/h2-3,6-7,17H,4-5H2,1H3,(H,15,18)/t7-/m0/s1. The Morgan fingerprint density at radius 3 is 2.61 bits per heavy atom. The normalized spacial score (nSPS) is 13.2. The molecule has 1 aromatic heterocycles. The predicted molar refractivity (Wildman–Crippen MR) is 57.6 cm³/mol. The SMILES string of the molecule is C[C@H](O)C(=O)NCCc1ccc(C(F)(F)F)cn1. The van der Waals surface area contributed by atoms with Gasteiger partial charge in [-0.05, 0) is 19.1 Å². The number of hydrogen-bond acceptors (Lipinski definition) is 3. The molecule has 2 N–H and O–H groups in total. The van der Waals surface area contributed by atoms with Crippen molar-refractivity contribution in [1.82, 2.24) is 10.3 Å². The summed E-state index contributed by atoms with van der Waals surface area (Å²) in [6.45, 7) is 1.54. The molecule has 7 heteroatoms. The third-order valence-corrected chi connectivity index (χ3v) is 2.21. The monoisotopic (exact) mass is 262 g/mol. The van der Waals surface area contributed by atoms with E-state index in [4.69, 9.17) is 5.11 Å². The zero-order valence-electron chi connectivity index (χ0n) is 9.66. The predicted octanol–water partition coefficient (Wildman–Crippen LogP) is 1.14. The lowest BCUT2D eigenvalue weighted by molar-refractivity contribution is -0.137. The van der Waals surface area contributed by atoms with Crippen molar-refractivity contribution in [2.24, 2.45) is 0 Å². The van der Waals surface area contributed by atoms with Crippen molar-refractivity contribution in [3.8, 4) is 0 Å². The number of aliphatic hydroxyl groups excluding tert-OH is 1. The van der Waals surface area contributed by atoms with Gasteiger partial charge in [-0.1, -0.05) is 0 Å². The van der Waals surface area contributed by atoms with Crippen LogP contribution in [0.5, 0.6) is 0 Å². The Bertz CT molecular complexity index is 402. The Kier molecular flexibility index (Phi) is 4.66. The summed E-state index contributed by atoms with van der Waals surface area (Å²) in [6.07, 6.45) is -4.44. The van der Waals surface area contributed by atoms with Gasteiger partial charge in [0.25, 0.3) is 0 Å². The maximum atomic E-state index is 12.2. The zero-order valence-corrected chi connectivity index (χ0v) is 9.66. The zero-order chi connectivity index (χ0) is 13.8. The number of carbonyl (C=O) groups is 1. The van der Waals surface area contributed by atoms with Crippen LogP contribution < -0.4 is 5.32 Å². The van der Waals surface area contributed by atoms with Crippen LogP contribution in [0.2, 0.25) is 0 Å². The summed E-state index contributed by atoms with van der Waals surface area (Å²) in [5.74, 6) is -0.526. The molecule has 1 amide bonds. The highest BCUT2D eigenvalue weighted by Crippen LogP contribution is 2.28. The molecule has 0 unspecified atom stereocenters. The second kappa shape index (κ2) is 5.81. The van der Waals surface area contributed by atoms with Crippen molar-refractivity contribution >= 4 is 5.91 Å². The van der Waals surface area contributed by atoms with Crippen molar-refractivity contribution in [3.63, 3.8) is 0 Å². The van der Waals surface area contributed by atoms with Crippen molar-refractivity contribution < 1.29 is 23.1 Å². The first kappa shape index (κ1) is 14.4. The Morgan fingerprint density at radius 2 is 2.17 bits per heavy atom. The molecule has 1 atom stereocenters. The van der Waals surface area contributed by atoms with Crippen LogP contribution in [0.15, 0.2) is 18.3 Å². The minimum atomic E-state index is -4.40. The summed E-state index contributed by atoms with van der Waals surface area (Å²) < 4.78 is 36.7. The van der Waals surface area contributed by atoms with E-state index in [1.807, 2.05) is 0 Å². The smallest absolute Gasteiger partial charge is 0.384 e. The molecule has 0 fully saturated rings. The fraction of sp³-hybridized carbons (Fsp3) is 0.455. The van der Waals surface area contributed by atoms with Crippen molar-refractivity contribution in [3.05, 3.63) is 29.6 Å². The number of aromatic nitrogens is 1. The highest BCUT2D eigenvalue weighted by Gasteiger charge is 2.30. The third-order valence-electron chi connectivity index (χ3n) is 2.21. The molecule has 0 aliphatic heterocycles. The maximum absolute atomic E-state index is 12.2. The van der Waals surface area contributed by atoms with Gasteiger partial charge in [0.05, 0.1) is 5.56 Å². The van der Waals surface area contributed by atoms with Gasteiger partial charge in [0.1, 0.15) is 6.10 Å². The molecule has 0 aliphatic rings. The number of rotatable bonds is 4. The van der Waals surface area contributed by atoms with E-state index in [9.17, 15) is 18.0 Å². The van der Waals surface area contributed by atoms with E-state index in [0.717, 1.165) is 12.3 Å². The number of amides is 1. The van der Waals surface area contributed by atoms with Crippen LogP contribution in [0.3, 0.4) is 0 Å². The molecule has 0 aliphatic carbocycles. The lowest BCUT2D eigenvalue weighted by Gasteiger charge is -2.08. The van der Waals surface area contributed by atoms with Crippen LogP contribution in [0.25, 0.3) is 0 Å². The van der Waals surface area contributed by atoms with E-state index >= 15 is 0 Å². The van der Waals surface area contributed by atoms with Crippen molar-refractivity contribution in [2.45, 2.75) is 25.6 Å². The van der Waals surface area contributed by atoms with Crippen LogP contribution in [0.1, 0.15) is 18.2 Å². The molecule has 100 valence electrons. The van der Waals surface area contributed by atoms with Gasteiger partial charge in [-0.25, -0.2) is 0 Å². The highest BCUT2D eigenvalue weighted by atomic mass is 19.4. The van der Waals surface area contributed by atoms with Crippen LogP contribution >= 0.6 is 0 Å². The van der Waals surface area contributed by atoms with Gasteiger partial charge in [0.2, 0.25) is 5.91 Å². The molecule has 0 spiro atoms. The van der Waals surface area contributed by atoms with Gasteiger partial charge in [-0.3, -0.25) is 9.78 Å². The molecular weight excluding hydrogens is 249 g/mol. The Morgan fingerprint density at radius 1 is 1.50 bits per heavy atom. The third kappa shape index (κ3) is 4.33. The maximum Gasteiger partial charge on any atom is 0.417 e. The molecule has 4 nitrogen and oxygen atoms in total. The molecule has 1 rings (SSSR count). The number of halogens is 3. The fourth-order valence-electron chi connectivity index (χ4n) is 1.20. The molecule has 1 aromatic rings. The summed E-state index contributed by atoms with van der Waals surface area (Å²) in [6, 6.07) is 2.20. The largest absolute Gasteiger partial charge is 0.417 e. The van der Waals surface area contributed by atoms with E-state index in [1.54, 1.807) is 0 Å². The van der Waals surface area contributed by atoms with E-state index in [-0.39, 0.29) is 6.54 Å². The van der Waals surface area contributed by atoms with Crippen LogP contribution in [-0.4, -0.2) is 28.6 Å². The lowest BCUT2D eigenvalue weighted by Crippen LogP contribution is -2.33. The first-order valence-electron chi connectivity index (χ1n) is 5.28. The van der Waals surface area contributed by atoms with Gasteiger partial charge in [-0.2, -0.15) is 13.2 Å². The minimum absolute atomic E-state index is 0.210. The van der Waals surface area contributed by atoms with Crippen molar-refractivity contribution in [2.75, 3.05) is 6.54 Å². The molecular formula is C11H13F3N2O2. The van der Waals surface area contributed by atoms with E-state index in [2.05, 4.69) is 10.3 Å². The lowest BCUT2D eigenvalue weighted by atomic mass is 10.2. The number of hydrogen-bond donors (Lipinski definition) is 2. The number of nitrogens with one attached hydrogen (secondary N) is 1. The summed E-state index contributed by atoms with van der Waals surface area (Å²) in [7, 11) is 0. The Balaban J connectivity index is 2.47. The van der Waals surface area contributed by atoms with E-state index in [0.29, 0.717) is 12.1 Å². The van der Waals surface area contributed by atoms with Crippen LogP contribution in [-0.2, 0) is 17.4 Å². The molecule has 0 saturated carbocycles. The summed E-state index contributed by atoms with van der Waals surface area (Å²) in [5, 5.41) is 11.3. The Hall–Kier alpha value is -1.63. The van der Waals surface area contributed by atoms with Gasteiger partial charge < -0.3 is 10.4 Å². The second-order valence-electron chi connectivity index (χ2n) is 3.75. The highest BCUT2D eigenvalue weighted by molar-refractivity contribution is 5.79. The van der Waals surface area contributed by atoms with Gasteiger partial charge >= 0.3 is 6.18 Å². The second-order valence-corrected chi connectivity index (χ2v) is 3.75. The minimum Gasteiger partial charge on any atom is -0.384 e. The van der Waals surface area contributed by atoms with Crippen LogP contribution in [0.4, 0.5) is 13.2 Å². The fourth-order valence-corrected chi connectivity index (χ4v) is 1.20. The molecule has 0 bridgehead atoms. The number of nitrogens with zero attached hydrogens (tertiary/aromatic N) is 1. The molecule has 0 radical (unpaired) electrons. The average Bonchev–Trinajstić information content (AvgIpc) is 2.28. The molecule has 18 heavy (non-hydrogen) atoms. The topological polar surface area (TPSA) is 62.2 Å². The average molecular weight is 262 g/mol. The summed E-state index contributed by atoms with van der Waals surface area (Å²) in [4.78, 5) is 14.6. The quantitative estimate of drug-likeness (QED) is 0.855. The number of pyridine rings is 1. The van der Waals surface area contributed by atoms with E-state index in [1.165, 1.54) is 13.0 Å². The number of aliphatic hydroxyl groups is 1. The number of carbonyl (C=O) groups excluding carboxylic acids is 1.